The fourth-order valence-corrected chi connectivity index (χ4v) is 2.54. The Morgan fingerprint density at radius 3 is 2.54 bits per heavy atom. The van der Waals surface area contributed by atoms with Crippen molar-refractivity contribution in [2.45, 2.75) is 26.7 Å². The summed E-state index contributed by atoms with van der Waals surface area (Å²) in [6.45, 7) is 4.80. The van der Waals surface area contributed by atoms with Gasteiger partial charge in [-0.15, -0.1) is 0 Å². The van der Waals surface area contributed by atoms with E-state index in [-0.39, 0.29) is 5.91 Å². The van der Waals surface area contributed by atoms with Crippen LogP contribution in [0.1, 0.15) is 35.8 Å². The summed E-state index contributed by atoms with van der Waals surface area (Å²) in [7, 11) is 0. The van der Waals surface area contributed by atoms with Crippen LogP contribution in [0.3, 0.4) is 0 Å². The number of benzene rings is 2. The van der Waals surface area contributed by atoms with Gasteiger partial charge in [0.1, 0.15) is 5.69 Å². The highest BCUT2D eigenvalue weighted by atomic mass is 16.1. The van der Waals surface area contributed by atoms with Crippen LogP contribution in [0.25, 0.3) is 22.3 Å². The molecule has 1 aromatic heterocycles. The van der Waals surface area contributed by atoms with Gasteiger partial charge >= 0.3 is 0 Å². The van der Waals surface area contributed by atoms with E-state index >= 15 is 0 Å². The first-order valence-electron chi connectivity index (χ1n) is 8.31. The maximum Gasteiger partial charge on any atom is 0.270 e. The number of aryl methyl sites for hydroxylation is 1. The molecule has 0 fully saturated rings. The second kappa shape index (κ2) is 7.21. The van der Waals surface area contributed by atoms with Gasteiger partial charge in [0.15, 0.2) is 5.82 Å². The molecule has 0 bridgehead atoms. The molecule has 3 aromatic rings. The highest BCUT2D eigenvalue weighted by molar-refractivity contribution is 6.04. The Hall–Kier alpha value is -2.75. The Morgan fingerprint density at radius 2 is 1.79 bits per heavy atom. The molecule has 4 heteroatoms. The Kier molecular flexibility index (Phi) is 4.85. The van der Waals surface area contributed by atoms with Gasteiger partial charge in [0.05, 0.1) is 5.52 Å². The largest absolute Gasteiger partial charge is 0.351 e. The van der Waals surface area contributed by atoms with Crippen LogP contribution in [0.4, 0.5) is 0 Å². The summed E-state index contributed by atoms with van der Waals surface area (Å²) in [6.07, 6.45) is 2.00. The van der Waals surface area contributed by atoms with Crippen LogP contribution in [0.2, 0.25) is 0 Å². The monoisotopic (exact) mass is 319 g/mol. The number of para-hydroxylation sites is 1. The van der Waals surface area contributed by atoms with Crippen molar-refractivity contribution < 1.29 is 4.79 Å². The molecule has 1 N–H and O–H groups in total. The average molecular weight is 319 g/mol. The third kappa shape index (κ3) is 3.43. The molecule has 0 aliphatic rings. The van der Waals surface area contributed by atoms with E-state index < -0.39 is 0 Å². The molecule has 1 heterocycles. The summed E-state index contributed by atoms with van der Waals surface area (Å²) in [5.41, 5.74) is 3.31. The van der Waals surface area contributed by atoms with Gasteiger partial charge < -0.3 is 5.32 Å². The first kappa shape index (κ1) is 16.1. The average Bonchev–Trinajstić information content (AvgIpc) is 2.61. The smallest absolute Gasteiger partial charge is 0.270 e. The molecule has 0 atom stereocenters. The number of hydrogen-bond acceptors (Lipinski definition) is 3. The number of fused-ring (bicyclic) bond motifs is 1. The quantitative estimate of drug-likeness (QED) is 0.719. The van der Waals surface area contributed by atoms with Crippen molar-refractivity contribution >= 4 is 16.8 Å². The van der Waals surface area contributed by atoms with E-state index in [1.807, 2.05) is 55.5 Å². The van der Waals surface area contributed by atoms with E-state index in [9.17, 15) is 4.79 Å². The molecule has 0 unspecified atom stereocenters. The molecule has 4 nitrogen and oxygen atoms in total. The van der Waals surface area contributed by atoms with E-state index in [0.29, 0.717) is 18.1 Å². The fraction of sp³-hybridized carbons (Fsp3) is 0.250. The molecular weight excluding hydrogens is 298 g/mol. The van der Waals surface area contributed by atoms with Crippen molar-refractivity contribution in [3.63, 3.8) is 0 Å². The fourth-order valence-electron chi connectivity index (χ4n) is 2.54. The minimum absolute atomic E-state index is 0.143. The summed E-state index contributed by atoms with van der Waals surface area (Å²) in [6, 6.07) is 15.6. The first-order valence-corrected chi connectivity index (χ1v) is 8.31. The van der Waals surface area contributed by atoms with Gasteiger partial charge in [-0.1, -0.05) is 61.4 Å². The standard InChI is InChI=1S/C20H21N3O/c1-3-4-13-21-20(24)18-16-7-5-6-8-17(16)22-19(23-18)15-11-9-14(2)10-12-15/h5-12H,3-4,13H2,1-2H3,(H,21,24). The lowest BCUT2D eigenvalue weighted by Gasteiger charge is -2.09. The second-order valence-electron chi connectivity index (χ2n) is 5.89. The van der Waals surface area contributed by atoms with Gasteiger partial charge in [0.25, 0.3) is 5.91 Å². The number of rotatable bonds is 5. The van der Waals surface area contributed by atoms with Gasteiger partial charge in [0, 0.05) is 17.5 Å². The summed E-state index contributed by atoms with van der Waals surface area (Å²) < 4.78 is 0. The molecule has 3 rings (SSSR count). The number of hydrogen-bond donors (Lipinski definition) is 1. The maximum absolute atomic E-state index is 12.6. The van der Waals surface area contributed by atoms with E-state index in [1.165, 1.54) is 5.56 Å². The predicted molar refractivity (Wildman–Crippen MR) is 97.0 cm³/mol. The summed E-state index contributed by atoms with van der Waals surface area (Å²) in [5, 5.41) is 3.73. The summed E-state index contributed by atoms with van der Waals surface area (Å²) in [4.78, 5) is 21.7. The molecule has 0 saturated heterocycles. The maximum atomic E-state index is 12.6. The third-order valence-corrected chi connectivity index (χ3v) is 3.94. The van der Waals surface area contributed by atoms with Crippen LogP contribution in [0.5, 0.6) is 0 Å². The van der Waals surface area contributed by atoms with E-state index in [1.54, 1.807) is 0 Å². The highest BCUT2D eigenvalue weighted by Crippen LogP contribution is 2.22. The molecule has 24 heavy (non-hydrogen) atoms. The van der Waals surface area contributed by atoms with Gasteiger partial charge in [-0.05, 0) is 19.4 Å². The van der Waals surface area contributed by atoms with Crippen LogP contribution in [0.15, 0.2) is 48.5 Å². The zero-order valence-electron chi connectivity index (χ0n) is 14.0. The van der Waals surface area contributed by atoms with Crippen molar-refractivity contribution in [2.75, 3.05) is 6.54 Å². The van der Waals surface area contributed by atoms with Crippen molar-refractivity contribution in [3.05, 3.63) is 59.8 Å². The molecule has 0 spiro atoms. The third-order valence-electron chi connectivity index (χ3n) is 3.94. The number of carbonyl (C=O) groups excluding carboxylic acids is 1. The molecule has 122 valence electrons. The Morgan fingerprint density at radius 1 is 1.04 bits per heavy atom. The van der Waals surface area contributed by atoms with Crippen molar-refractivity contribution in [1.82, 2.24) is 15.3 Å². The zero-order valence-corrected chi connectivity index (χ0v) is 14.0. The van der Waals surface area contributed by atoms with Crippen LogP contribution in [-0.2, 0) is 0 Å². The molecule has 0 radical (unpaired) electrons. The van der Waals surface area contributed by atoms with Gasteiger partial charge in [0.2, 0.25) is 0 Å². The number of unbranched alkanes of at least 4 members (excludes halogenated alkanes) is 1. The van der Waals surface area contributed by atoms with Crippen LogP contribution in [0, 0.1) is 6.92 Å². The Balaban J connectivity index is 2.05. The molecule has 0 saturated carbocycles. The lowest BCUT2D eigenvalue weighted by atomic mass is 10.1. The Labute approximate surface area is 142 Å². The number of amides is 1. The Bertz CT molecular complexity index is 856. The van der Waals surface area contributed by atoms with Crippen molar-refractivity contribution in [3.8, 4) is 11.4 Å². The molecule has 0 aliphatic heterocycles. The van der Waals surface area contributed by atoms with Crippen molar-refractivity contribution in [1.29, 1.82) is 0 Å². The van der Waals surface area contributed by atoms with Crippen LogP contribution in [-0.4, -0.2) is 22.4 Å². The minimum atomic E-state index is -0.143. The number of carbonyl (C=O) groups is 1. The minimum Gasteiger partial charge on any atom is -0.351 e. The topological polar surface area (TPSA) is 54.9 Å². The summed E-state index contributed by atoms with van der Waals surface area (Å²) in [5.74, 6) is 0.435. The zero-order chi connectivity index (χ0) is 16.9. The molecule has 0 aliphatic carbocycles. The van der Waals surface area contributed by atoms with Crippen LogP contribution >= 0.6 is 0 Å². The van der Waals surface area contributed by atoms with Crippen molar-refractivity contribution in [2.24, 2.45) is 0 Å². The molecule has 2 aromatic carbocycles. The van der Waals surface area contributed by atoms with Gasteiger partial charge in [-0.3, -0.25) is 4.79 Å². The first-order chi connectivity index (χ1) is 11.7. The number of nitrogens with one attached hydrogen (secondary N) is 1. The highest BCUT2D eigenvalue weighted by Gasteiger charge is 2.15. The lowest BCUT2D eigenvalue weighted by molar-refractivity contribution is 0.0950. The SMILES string of the molecule is CCCCNC(=O)c1nc(-c2ccc(C)cc2)nc2ccccc12. The van der Waals surface area contributed by atoms with E-state index in [0.717, 1.165) is 29.3 Å². The summed E-state index contributed by atoms with van der Waals surface area (Å²) >= 11 is 0. The molecular formula is C20H21N3O. The van der Waals surface area contributed by atoms with E-state index in [4.69, 9.17) is 0 Å². The second-order valence-corrected chi connectivity index (χ2v) is 5.89. The number of aromatic nitrogens is 2. The van der Waals surface area contributed by atoms with Crippen LogP contribution < -0.4 is 5.32 Å². The van der Waals surface area contributed by atoms with Gasteiger partial charge in [-0.2, -0.15) is 0 Å². The van der Waals surface area contributed by atoms with Gasteiger partial charge in [-0.25, -0.2) is 9.97 Å². The van der Waals surface area contributed by atoms with E-state index in [2.05, 4.69) is 22.2 Å². The lowest BCUT2D eigenvalue weighted by Crippen LogP contribution is -2.26. The number of nitrogens with zero attached hydrogens (tertiary/aromatic N) is 2. The molecule has 1 amide bonds. The normalized spacial score (nSPS) is 10.8. The predicted octanol–water partition coefficient (Wildman–Crippen LogP) is 4.14.